The zero-order valence-electron chi connectivity index (χ0n) is 52.8. The monoisotopic (exact) mass is 1110 g/mol. The van der Waals surface area contributed by atoms with Crippen LogP contribution in [0.15, 0.2) is 109 Å². The van der Waals surface area contributed by atoms with Crippen LogP contribution < -0.4 is 0 Å². The summed E-state index contributed by atoms with van der Waals surface area (Å²) < 4.78 is 10.7. The summed E-state index contributed by atoms with van der Waals surface area (Å²) in [5.74, 6) is -0.623. The number of carbonyl (C=O) groups is 2. The van der Waals surface area contributed by atoms with E-state index < -0.39 is 6.10 Å². The Morgan fingerprint density at radius 1 is 0.300 bits per heavy atom. The molecule has 5 nitrogen and oxygen atoms in total. The van der Waals surface area contributed by atoms with Gasteiger partial charge in [-0.05, 0) is 103 Å². The minimum Gasteiger partial charge on any atom is -0.462 e. The van der Waals surface area contributed by atoms with Gasteiger partial charge in [0.15, 0.2) is 6.10 Å². The Hall–Kier alpha value is -3.44. The van der Waals surface area contributed by atoms with Crippen molar-refractivity contribution in [2.45, 2.75) is 341 Å². The van der Waals surface area contributed by atoms with Crippen LogP contribution in [0.5, 0.6) is 0 Å². The van der Waals surface area contributed by atoms with Gasteiger partial charge in [-0.2, -0.15) is 0 Å². The highest BCUT2D eigenvalue weighted by Gasteiger charge is 2.16. The molecule has 0 rings (SSSR count). The topological polar surface area (TPSA) is 72.8 Å². The smallest absolute Gasteiger partial charge is 0.306 e. The number of hydrogen-bond donors (Lipinski definition) is 1. The maximum Gasteiger partial charge on any atom is 0.306 e. The summed E-state index contributed by atoms with van der Waals surface area (Å²) in [6, 6.07) is 0. The average Bonchev–Trinajstić information content (AvgIpc) is 3.46. The quantitative estimate of drug-likeness (QED) is 0.0373. The summed E-state index contributed by atoms with van der Waals surface area (Å²) in [6.07, 6.45) is 101. The number of hydrogen-bond acceptors (Lipinski definition) is 5. The van der Waals surface area contributed by atoms with Gasteiger partial charge in [0, 0.05) is 12.8 Å². The molecular weight excluding hydrogens is 981 g/mol. The number of unbranched alkanes of at least 4 members (excludes halogenated alkanes) is 37. The second-order valence-corrected chi connectivity index (χ2v) is 22.9. The summed E-state index contributed by atoms with van der Waals surface area (Å²) in [7, 11) is 0. The molecule has 0 radical (unpaired) electrons. The first-order valence-electron chi connectivity index (χ1n) is 34.4. The Kier molecular flexibility index (Phi) is 66.8. The summed E-state index contributed by atoms with van der Waals surface area (Å²) in [5, 5.41) is 9.68. The third-order valence-corrected chi connectivity index (χ3v) is 15.1. The first kappa shape index (κ1) is 76.6. The third-order valence-electron chi connectivity index (χ3n) is 15.1. The van der Waals surface area contributed by atoms with Crippen molar-refractivity contribution in [3.8, 4) is 0 Å². The van der Waals surface area contributed by atoms with Crippen molar-refractivity contribution in [2.24, 2.45) is 0 Å². The van der Waals surface area contributed by atoms with Crippen molar-refractivity contribution in [1.82, 2.24) is 0 Å². The lowest BCUT2D eigenvalue weighted by Crippen LogP contribution is -2.28. The molecule has 0 aliphatic carbocycles. The molecule has 1 N–H and O–H groups in total. The van der Waals surface area contributed by atoms with Gasteiger partial charge in [0.25, 0.3) is 0 Å². The molecule has 460 valence electrons. The molecule has 0 aliphatic heterocycles. The van der Waals surface area contributed by atoms with Crippen LogP contribution in [0.1, 0.15) is 335 Å². The number of aliphatic hydroxyl groups excluding tert-OH is 1. The van der Waals surface area contributed by atoms with Crippen molar-refractivity contribution in [3.05, 3.63) is 109 Å². The average molecular weight is 1110 g/mol. The Morgan fingerprint density at radius 3 is 0.825 bits per heavy atom. The van der Waals surface area contributed by atoms with Crippen LogP contribution in [0, 0.1) is 0 Å². The number of ether oxygens (including phenoxy) is 2. The second-order valence-electron chi connectivity index (χ2n) is 22.9. The van der Waals surface area contributed by atoms with Gasteiger partial charge in [-0.3, -0.25) is 9.59 Å². The molecule has 0 fully saturated rings. The Morgan fingerprint density at radius 2 is 0.537 bits per heavy atom. The summed E-state index contributed by atoms with van der Waals surface area (Å²) in [4.78, 5) is 24.6. The van der Waals surface area contributed by atoms with Crippen LogP contribution in [0.4, 0.5) is 0 Å². The fourth-order valence-electron chi connectivity index (χ4n) is 9.92. The van der Waals surface area contributed by atoms with E-state index in [1.165, 1.54) is 212 Å². The minimum atomic E-state index is -0.797. The van der Waals surface area contributed by atoms with Gasteiger partial charge in [-0.25, -0.2) is 0 Å². The van der Waals surface area contributed by atoms with Gasteiger partial charge in [-0.1, -0.05) is 329 Å². The molecule has 0 spiro atoms. The first-order chi connectivity index (χ1) is 39.6. The Labute approximate surface area is 497 Å². The number of carbonyl (C=O) groups excluding carboxylic acids is 2. The minimum absolute atomic E-state index is 0.0824. The lowest BCUT2D eigenvalue weighted by Gasteiger charge is -2.15. The van der Waals surface area contributed by atoms with Gasteiger partial charge in [0.2, 0.25) is 0 Å². The van der Waals surface area contributed by atoms with Crippen molar-refractivity contribution in [2.75, 3.05) is 13.2 Å². The van der Waals surface area contributed by atoms with E-state index in [1.54, 1.807) is 0 Å². The first-order valence-corrected chi connectivity index (χ1v) is 34.4. The molecule has 80 heavy (non-hydrogen) atoms. The van der Waals surface area contributed by atoms with Gasteiger partial charge in [-0.15, -0.1) is 0 Å². The second kappa shape index (κ2) is 69.8. The van der Waals surface area contributed by atoms with Crippen LogP contribution in [0.3, 0.4) is 0 Å². The largest absolute Gasteiger partial charge is 0.462 e. The van der Waals surface area contributed by atoms with E-state index in [1.807, 2.05) is 0 Å². The van der Waals surface area contributed by atoms with Crippen LogP contribution >= 0.6 is 0 Å². The normalized spacial score (nSPS) is 12.9. The predicted octanol–water partition coefficient (Wildman–Crippen LogP) is 24.0. The highest BCUT2D eigenvalue weighted by molar-refractivity contribution is 5.70. The van der Waals surface area contributed by atoms with Crippen LogP contribution in [0.25, 0.3) is 0 Å². The standard InChI is InChI=1S/C75H130O5/c1-3-5-7-9-11-13-15-17-19-21-23-25-27-29-30-31-32-33-34-35-36-37-38-39-40-41-42-43-44-46-47-49-51-53-55-57-59-61-63-65-67-69-74(77)79-72-73(71-76)80-75(78)70-68-66-64-62-60-58-56-54-52-50-48-45-28-26-24-22-20-18-16-14-12-10-8-6-4-2/h6,8,12,14-15,17-18,20-21,23-24,26,45,48,52,54,58,60,73,76H,3-5,7,9-11,13,16,19,22,25,27-44,46-47,49-51,53,55-57,59,61-72H2,1-2H3/b8-6-,14-12-,17-15-,20-18-,23-21-,26-24-,48-45-,54-52-,60-58-. The predicted molar refractivity (Wildman–Crippen MR) is 352 cm³/mol. The van der Waals surface area contributed by atoms with Crippen LogP contribution in [0.2, 0.25) is 0 Å². The van der Waals surface area contributed by atoms with Crippen LogP contribution in [-0.2, 0) is 19.1 Å². The molecule has 5 heteroatoms. The van der Waals surface area contributed by atoms with E-state index in [0.29, 0.717) is 12.8 Å². The number of rotatable bonds is 63. The lowest BCUT2D eigenvalue weighted by atomic mass is 10.0. The molecule has 0 aliphatic rings. The summed E-state index contributed by atoms with van der Waals surface area (Å²) >= 11 is 0. The maximum atomic E-state index is 12.3. The van der Waals surface area contributed by atoms with Gasteiger partial charge in [0.05, 0.1) is 6.61 Å². The highest BCUT2D eigenvalue weighted by atomic mass is 16.6. The van der Waals surface area contributed by atoms with E-state index in [4.69, 9.17) is 9.47 Å². The highest BCUT2D eigenvalue weighted by Crippen LogP contribution is 2.18. The van der Waals surface area contributed by atoms with E-state index >= 15 is 0 Å². The number of esters is 2. The SMILES string of the molecule is CC/C=C\C/C=C\C/C=C\C/C=C\C/C=C\C/C=C\C/C=C\CCCCCC(=O)OC(CO)COC(=O)CCCCCCCCCCCCCCCCCCCCCCCCCCCCCCC/C=C\C/C=C\CCCCCCC. The fraction of sp³-hybridized carbons (Fsp3) is 0.733. The van der Waals surface area contributed by atoms with Gasteiger partial charge < -0.3 is 14.6 Å². The van der Waals surface area contributed by atoms with E-state index in [9.17, 15) is 14.7 Å². The zero-order valence-corrected chi connectivity index (χ0v) is 52.8. The Balaban J connectivity index is 3.45. The molecule has 0 aromatic carbocycles. The van der Waals surface area contributed by atoms with E-state index in [2.05, 4.69) is 123 Å². The number of aliphatic hydroxyl groups is 1. The molecule has 0 saturated carbocycles. The molecule has 0 aromatic heterocycles. The van der Waals surface area contributed by atoms with Crippen LogP contribution in [-0.4, -0.2) is 36.4 Å². The fourth-order valence-corrected chi connectivity index (χ4v) is 9.92. The van der Waals surface area contributed by atoms with Crippen molar-refractivity contribution in [1.29, 1.82) is 0 Å². The van der Waals surface area contributed by atoms with Crippen molar-refractivity contribution in [3.63, 3.8) is 0 Å². The molecule has 1 atom stereocenters. The molecule has 0 saturated heterocycles. The number of allylic oxidation sites excluding steroid dienone is 18. The molecule has 1 unspecified atom stereocenters. The van der Waals surface area contributed by atoms with Gasteiger partial charge in [0.1, 0.15) is 6.61 Å². The molecule has 0 aromatic rings. The van der Waals surface area contributed by atoms with E-state index in [0.717, 1.165) is 96.3 Å². The molecule has 0 heterocycles. The lowest BCUT2D eigenvalue weighted by molar-refractivity contribution is -0.161. The molecule has 0 amide bonds. The Bertz CT molecular complexity index is 1540. The van der Waals surface area contributed by atoms with Gasteiger partial charge >= 0.3 is 11.9 Å². The van der Waals surface area contributed by atoms with Crippen molar-refractivity contribution >= 4 is 11.9 Å². The molecular formula is C75H130O5. The van der Waals surface area contributed by atoms with Crippen molar-refractivity contribution < 1.29 is 24.2 Å². The zero-order chi connectivity index (χ0) is 57.6. The summed E-state index contributed by atoms with van der Waals surface area (Å²) in [5.41, 5.74) is 0. The summed E-state index contributed by atoms with van der Waals surface area (Å²) in [6.45, 7) is 4.01. The maximum absolute atomic E-state index is 12.3. The molecule has 0 bridgehead atoms. The van der Waals surface area contributed by atoms with E-state index in [-0.39, 0.29) is 25.2 Å². The third kappa shape index (κ3) is 67.1.